The van der Waals surface area contributed by atoms with Gasteiger partial charge in [-0.05, 0) is 12.3 Å². The first kappa shape index (κ1) is 20.2. The van der Waals surface area contributed by atoms with E-state index in [1.807, 2.05) is 4.68 Å². The van der Waals surface area contributed by atoms with E-state index in [2.05, 4.69) is 53.4 Å². The topological polar surface area (TPSA) is 87.4 Å². The number of nitrogens with zero attached hydrogens (tertiary/aromatic N) is 5. The van der Waals surface area contributed by atoms with E-state index in [4.69, 9.17) is 0 Å². The number of nitrogens with one attached hydrogen (secondary N) is 2. The van der Waals surface area contributed by atoms with Crippen molar-refractivity contribution in [3.63, 3.8) is 0 Å². The molecule has 0 saturated carbocycles. The fourth-order valence-electron chi connectivity index (χ4n) is 2.63. The SMILES string of the molecule is CC(C)CNC(=NCC(=O)N(C)C)NC1CCc2nc(C(C)C)nn2C1. The fraction of sp³-hybridized carbons (Fsp3) is 0.778. The van der Waals surface area contributed by atoms with Gasteiger partial charge in [0.1, 0.15) is 12.4 Å². The predicted molar refractivity (Wildman–Crippen MR) is 103 cm³/mol. The lowest BCUT2D eigenvalue weighted by Crippen LogP contribution is -2.48. The summed E-state index contributed by atoms with van der Waals surface area (Å²) in [6, 6.07) is 0.220. The van der Waals surface area contributed by atoms with Crippen LogP contribution in [0.4, 0.5) is 0 Å². The van der Waals surface area contributed by atoms with Crippen molar-refractivity contribution in [2.45, 2.75) is 59.0 Å². The Balaban J connectivity index is 2.02. The molecule has 0 spiro atoms. The number of hydrogen-bond donors (Lipinski definition) is 2. The van der Waals surface area contributed by atoms with Gasteiger partial charge in [-0.3, -0.25) is 4.79 Å². The van der Waals surface area contributed by atoms with Crippen LogP contribution in [0.1, 0.15) is 51.7 Å². The molecule has 1 aromatic rings. The molecular weight excluding hydrogens is 330 g/mol. The molecule has 1 amide bonds. The predicted octanol–water partition coefficient (Wildman–Crippen LogP) is 0.996. The van der Waals surface area contributed by atoms with Crippen LogP contribution in [0, 0.1) is 5.92 Å². The minimum absolute atomic E-state index is 0.0144. The standard InChI is InChI=1S/C18H33N7O/c1-12(2)9-19-18(20-10-16(26)24(5)6)21-14-7-8-15-22-17(13(3)4)23-25(15)11-14/h12-14H,7-11H2,1-6H3,(H2,19,20,21). The molecule has 8 heteroatoms. The Morgan fingerprint density at radius 1 is 1.35 bits per heavy atom. The Hall–Kier alpha value is -2.12. The quantitative estimate of drug-likeness (QED) is 0.581. The number of carbonyl (C=O) groups is 1. The maximum Gasteiger partial charge on any atom is 0.243 e. The van der Waals surface area contributed by atoms with Crippen molar-refractivity contribution >= 4 is 11.9 Å². The van der Waals surface area contributed by atoms with E-state index in [0.717, 1.165) is 37.6 Å². The molecular formula is C18H33N7O. The second-order valence-corrected chi connectivity index (χ2v) is 7.83. The highest BCUT2D eigenvalue weighted by atomic mass is 16.2. The summed E-state index contributed by atoms with van der Waals surface area (Å²) < 4.78 is 2.00. The second kappa shape index (κ2) is 9.00. The zero-order valence-electron chi connectivity index (χ0n) is 16.9. The van der Waals surface area contributed by atoms with Crippen LogP contribution in [0.25, 0.3) is 0 Å². The van der Waals surface area contributed by atoms with Crippen LogP contribution < -0.4 is 10.6 Å². The first-order chi connectivity index (χ1) is 12.3. The van der Waals surface area contributed by atoms with Crippen LogP contribution in [0.5, 0.6) is 0 Å². The molecule has 0 aromatic carbocycles. The minimum Gasteiger partial charge on any atom is -0.356 e. The van der Waals surface area contributed by atoms with Crippen molar-refractivity contribution in [3.05, 3.63) is 11.6 Å². The van der Waals surface area contributed by atoms with Gasteiger partial charge in [0, 0.05) is 39.0 Å². The number of aliphatic imine (C=N–C) groups is 1. The van der Waals surface area contributed by atoms with Gasteiger partial charge in [0.15, 0.2) is 11.8 Å². The van der Waals surface area contributed by atoms with E-state index in [1.54, 1.807) is 19.0 Å². The molecule has 1 atom stereocenters. The van der Waals surface area contributed by atoms with Crippen molar-refractivity contribution in [2.24, 2.45) is 10.9 Å². The smallest absolute Gasteiger partial charge is 0.243 e. The van der Waals surface area contributed by atoms with Crippen LogP contribution in [-0.2, 0) is 17.8 Å². The minimum atomic E-state index is -0.0144. The van der Waals surface area contributed by atoms with Crippen molar-refractivity contribution in [1.29, 1.82) is 0 Å². The normalized spacial score (nSPS) is 17.4. The number of aryl methyl sites for hydroxylation is 1. The molecule has 146 valence electrons. The number of amides is 1. The van der Waals surface area contributed by atoms with Crippen LogP contribution in [0.3, 0.4) is 0 Å². The molecule has 2 rings (SSSR count). The molecule has 0 radical (unpaired) electrons. The summed E-state index contributed by atoms with van der Waals surface area (Å²) in [6.45, 7) is 10.2. The molecule has 1 aliphatic heterocycles. The molecule has 1 unspecified atom stereocenters. The highest BCUT2D eigenvalue weighted by molar-refractivity contribution is 5.84. The van der Waals surface area contributed by atoms with E-state index in [0.29, 0.717) is 17.8 Å². The average Bonchev–Trinajstić information content (AvgIpc) is 3.00. The van der Waals surface area contributed by atoms with Crippen LogP contribution in [0.15, 0.2) is 4.99 Å². The third-order valence-corrected chi connectivity index (χ3v) is 4.28. The maximum atomic E-state index is 11.8. The summed E-state index contributed by atoms with van der Waals surface area (Å²) in [5.74, 6) is 3.47. The van der Waals surface area contributed by atoms with Crippen molar-refractivity contribution in [2.75, 3.05) is 27.2 Å². The molecule has 0 fully saturated rings. The number of carbonyl (C=O) groups excluding carboxylic acids is 1. The number of fused-ring (bicyclic) bond motifs is 1. The third-order valence-electron chi connectivity index (χ3n) is 4.28. The number of guanidine groups is 1. The van der Waals surface area contributed by atoms with Crippen LogP contribution in [0.2, 0.25) is 0 Å². The number of likely N-dealkylation sites (N-methyl/N-ethyl adjacent to an activating group) is 1. The van der Waals surface area contributed by atoms with E-state index < -0.39 is 0 Å². The summed E-state index contributed by atoms with van der Waals surface area (Å²) in [7, 11) is 3.48. The lowest BCUT2D eigenvalue weighted by Gasteiger charge is -2.26. The fourth-order valence-corrected chi connectivity index (χ4v) is 2.63. The maximum absolute atomic E-state index is 11.8. The summed E-state index contributed by atoms with van der Waals surface area (Å²) in [6.07, 6.45) is 1.87. The second-order valence-electron chi connectivity index (χ2n) is 7.83. The Morgan fingerprint density at radius 2 is 2.08 bits per heavy atom. The van der Waals surface area contributed by atoms with Gasteiger partial charge in [-0.25, -0.2) is 14.7 Å². The van der Waals surface area contributed by atoms with Gasteiger partial charge < -0.3 is 15.5 Å². The first-order valence-corrected chi connectivity index (χ1v) is 9.44. The Labute approximate surface area is 156 Å². The zero-order valence-corrected chi connectivity index (χ0v) is 16.9. The molecule has 0 aliphatic carbocycles. The van der Waals surface area contributed by atoms with Crippen molar-refractivity contribution in [1.82, 2.24) is 30.3 Å². The lowest BCUT2D eigenvalue weighted by molar-refractivity contribution is -0.127. The molecule has 26 heavy (non-hydrogen) atoms. The molecule has 2 N–H and O–H groups in total. The summed E-state index contributed by atoms with van der Waals surface area (Å²) >= 11 is 0. The van der Waals surface area contributed by atoms with E-state index in [1.165, 1.54) is 0 Å². The van der Waals surface area contributed by atoms with E-state index >= 15 is 0 Å². The van der Waals surface area contributed by atoms with Gasteiger partial charge >= 0.3 is 0 Å². The van der Waals surface area contributed by atoms with E-state index in [9.17, 15) is 4.79 Å². The third kappa shape index (κ3) is 5.71. The Morgan fingerprint density at radius 3 is 2.69 bits per heavy atom. The monoisotopic (exact) mass is 363 g/mol. The number of rotatable bonds is 6. The molecule has 0 saturated heterocycles. The molecule has 1 aliphatic rings. The Kier molecular flexibility index (Phi) is 6.99. The Bertz CT molecular complexity index is 633. The van der Waals surface area contributed by atoms with Gasteiger partial charge in [-0.1, -0.05) is 27.7 Å². The van der Waals surface area contributed by atoms with Gasteiger partial charge in [-0.15, -0.1) is 0 Å². The van der Waals surface area contributed by atoms with Crippen molar-refractivity contribution in [3.8, 4) is 0 Å². The largest absolute Gasteiger partial charge is 0.356 e. The van der Waals surface area contributed by atoms with Gasteiger partial charge in [0.05, 0.1) is 6.54 Å². The summed E-state index contributed by atoms with van der Waals surface area (Å²) in [5, 5.41) is 11.4. The van der Waals surface area contributed by atoms with Crippen LogP contribution in [-0.4, -0.2) is 64.8 Å². The summed E-state index contributed by atoms with van der Waals surface area (Å²) in [5.41, 5.74) is 0. The molecule has 1 aromatic heterocycles. The van der Waals surface area contributed by atoms with E-state index in [-0.39, 0.29) is 18.5 Å². The van der Waals surface area contributed by atoms with Gasteiger partial charge in [-0.2, -0.15) is 5.10 Å². The molecule has 8 nitrogen and oxygen atoms in total. The van der Waals surface area contributed by atoms with Crippen LogP contribution >= 0.6 is 0 Å². The average molecular weight is 364 g/mol. The number of aromatic nitrogens is 3. The first-order valence-electron chi connectivity index (χ1n) is 9.44. The van der Waals surface area contributed by atoms with Gasteiger partial charge in [0.2, 0.25) is 5.91 Å². The molecule has 0 bridgehead atoms. The summed E-state index contributed by atoms with van der Waals surface area (Å²) in [4.78, 5) is 22.5. The highest BCUT2D eigenvalue weighted by Crippen LogP contribution is 2.16. The highest BCUT2D eigenvalue weighted by Gasteiger charge is 2.23. The lowest BCUT2D eigenvalue weighted by atomic mass is 10.1. The number of hydrogen-bond acceptors (Lipinski definition) is 4. The zero-order chi connectivity index (χ0) is 19.3. The van der Waals surface area contributed by atoms with Gasteiger partial charge in [0.25, 0.3) is 0 Å². The molecule has 2 heterocycles. The van der Waals surface area contributed by atoms with Crippen molar-refractivity contribution < 1.29 is 4.79 Å².